The lowest BCUT2D eigenvalue weighted by atomic mass is 10.0. The van der Waals surface area contributed by atoms with E-state index >= 15 is 0 Å². The molecule has 0 aromatic heterocycles. The maximum Gasteiger partial charge on any atom is 0.311 e. The van der Waals surface area contributed by atoms with E-state index < -0.39 is 40.8 Å². The molecule has 0 aliphatic rings. The fourth-order valence-corrected chi connectivity index (χ4v) is 1.48. The van der Waals surface area contributed by atoms with Crippen molar-refractivity contribution in [3.63, 3.8) is 0 Å². The van der Waals surface area contributed by atoms with Gasteiger partial charge in [0.1, 0.15) is 5.82 Å². The van der Waals surface area contributed by atoms with Gasteiger partial charge in [-0.15, -0.1) is 24.0 Å². The first-order valence-corrected chi connectivity index (χ1v) is 5.23. The molecule has 1 rings (SSSR count). The van der Waals surface area contributed by atoms with E-state index in [4.69, 9.17) is 17.0 Å². The monoisotopic (exact) mass is 315 g/mol. The van der Waals surface area contributed by atoms with Crippen LogP contribution in [0.3, 0.4) is 0 Å². The first-order chi connectivity index (χ1) is 8.36. The van der Waals surface area contributed by atoms with E-state index in [9.17, 15) is 18.0 Å². The Labute approximate surface area is 118 Å². The molecule has 0 aliphatic heterocycles. The van der Waals surface area contributed by atoms with Gasteiger partial charge in [0.15, 0.2) is 11.6 Å². The number of benzene rings is 1. The number of rotatable bonds is 4. The standard InChI is InChI=1S/C11H9ClF3NO2.ClH/c1-18-10(17)4-9(16)11(12)5-2-7(14)8(15)3-6(5)13;/h2-3,11,16H,4H2,1H3;1H. The van der Waals surface area contributed by atoms with Crippen molar-refractivity contribution in [1.29, 1.82) is 5.41 Å². The Morgan fingerprint density at radius 3 is 2.37 bits per heavy atom. The summed E-state index contributed by atoms with van der Waals surface area (Å²) in [6.45, 7) is 0. The largest absolute Gasteiger partial charge is 0.469 e. The number of hydrogen-bond acceptors (Lipinski definition) is 3. The van der Waals surface area contributed by atoms with E-state index in [1.807, 2.05) is 0 Å². The SMILES string of the molecule is COC(=O)CC(=N)C(Cl)c1cc(F)c(F)cc1F.Cl. The number of nitrogens with one attached hydrogen (secondary N) is 1. The third-order valence-electron chi connectivity index (χ3n) is 2.18. The molecule has 3 nitrogen and oxygen atoms in total. The van der Waals surface area contributed by atoms with E-state index in [0.29, 0.717) is 12.1 Å². The fraction of sp³-hybridized carbons (Fsp3) is 0.273. The molecule has 0 saturated heterocycles. The van der Waals surface area contributed by atoms with E-state index in [2.05, 4.69) is 4.74 Å². The van der Waals surface area contributed by atoms with Crippen LogP contribution in [-0.4, -0.2) is 18.8 Å². The second kappa shape index (κ2) is 7.35. The summed E-state index contributed by atoms with van der Waals surface area (Å²) in [7, 11) is 1.12. The van der Waals surface area contributed by atoms with Crippen LogP contribution >= 0.6 is 24.0 Å². The van der Waals surface area contributed by atoms with Crippen LogP contribution in [0.15, 0.2) is 12.1 Å². The summed E-state index contributed by atoms with van der Waals surface area (Å²) < 4.78 is 43.3. The molecule has 0 heterocycles. The first kappa shape index (κ1) is 17.7. The average Bonchev–Trinajstić information content (AvgIpc) is 2.32. The molecule has 1 aromatic carbocycles. The number of ether oxygens (including phenoxy) is 1. The lowest BCUT2D eigenvalue weighted by Gasteiger charge is -2.12. The Bertz CT molecular complexity index is 497. The van der Waals surface area contributed by atoms with Crippen molar-refractivity contribution in [3.05, 3.63) is 35.1 Å². The van der Waals surface area contributed by atoms with E-state index in [0.717, 1.165) is 7.11 Å². The minimum atomic E-state index is -1.36. The summed E-state index contributed by atoms with van der Waals surface area (Å²) in [5, 5.41) is 6.11. The maximum atomic E-state index is 13.4. The van der Waals surface area contributed by atoms with E-state index in [1.165, 1.54) is 0 Å². The van der Waals surface area contributed by atoms with Gasteiger partial charge in [-0.05, 0) is 6.07 Å². The molecule has 0 aliphatic carbocycles. The molecule has 0 radical (unpaired) electrons. The molecule has 1 atom stereocenters. The number of carbonyl (C=O) groups is 1. The van der Waals surface area contributed by atoms with Crippen molar-refractivity contribution in [3.8, 4) is 0 Å². The quantitative estimate of drug-likeness (QED) is 0.401. The zero-order valence-corrected chi connectivity index (χ0v) is 11.2. The van der Waals surface area contributed by atoms with Crippen LogP contribution in [0.2, 0.25) is 0 Å². The van der Waals surface area contributed by atoms with Gasteiger partial charge in [-0.1, -0.05) is 0 Å². The molecule has 1 aromatic rings. The normalized spacial score (nSPS) is 11.4. The van der Waals surface area contributed by atoms with Crippen molar-refractivity contribution in [2.24, 2.45) is 0 Å². The molecule has 8 heteroatoms. The summed E-state index contributed by atoms with van der Waals surface area (Å²) in [4.78, 5) is 10.9. The highest BCUT2D eigenvalue weighted by Crippen LogP contribution is 2.27. The number of methoxy groups -OCH3 is 1. The summed E-state index contributed by atoms with van der Waals surface area (Å²) in [6.07, 6.45) is -0.455. The summed E-state index contributed by atoms with van der Waals surface area (Å²) >= 11 is 5.73. The summed E-state index contributed by atoms with van der Waals surface area (Å²) in [6, 6.07) is 0.902. The van der Waals surface area contributed by atoms with Gasteiger partial charge in [0.05, 0.1) is 18.9 Å². The number of hydrogen-bond donors (Lipinski definition) is 1. The molecule has 0 fully saturated rings. The predicted octanol–water partition coefficient (Wildman–Crippen LogP) is 3.39. The van der Waals surface area contributed by atoms with Gasteiger partial charge in [-0.25, -0.2) is 13.2 Å². The molecule has 106 valence electrons. The number of esters is 1. The molecule has 0 saturated carbocycles. The highest BCUT2D eigenvalue weighted by atomic mass is 35.5. The lowest BCUT2D eigenvalue weighted by molar-refractivity contribution is -0.139. The number of halogens is 5. The van der Waals surface area contributed by atoms with E-state index in [-0.39, 0.29) is 18.1 Å². The zero-order valence-electron chi connectivity index (χ0n) is 9.68. The number of carbonyl (C=O) groups excluding carboxylic acids is 1. The van der Waals surface area contributed by atoms with Crippen LogP contribution in [0.1, 0.15) is 17.4 Å². The van der Waals surface area contributed by atoms with Gasteiger partial charge in [-0.3, -0.25) is 4.79 Å². The van der Waals surface area contributed by atoms with Crippen LogP contribution in [0.4, 0.5) is 13.2 Å². The summed E-state index contributed by atoms with van der Waals surface area (Å²) in [5.74, 6) is -4.43. The van der Waals surface area contributed by atoms with Gasteiger partial charge in [0.25, 0.3) is 0 Å². The van der Waals surface area contributed by atoms with Crippen LogP contribution in [0, 0.1) is 22.9 Å². The second-order valence-corrected chi connectivity index (χ2v) is 3.86. The first-order valence-electron chi connectivity index (χ1n) is 4.79. The van der Waals surface area contributed by atoms with Crippen LogP contribution in [0.5, 0.6) is 0 Å². The Morgan fingerprint density at radius 1 is 1.32 bits per heavy atom. The van der Waals surface area contributed by atoms with Crippen molar-refractivity contribution in [2.45, 2.75) is 11.8 Å². The Morgan fingerprint density at radius 2 is 1.84 bits per heavy atom. The molecule has 0 spiro atoms. The maximum absolute atomic E-state index is 13.4. The lowest BCUT2D eigenvalue weighted by Crippen LogP contribution is -2.14. The average molecular weight is 316 g/mol. The molecule has 1 N–H and O–H groups in total. The van der Waals surface area contributed by atoms with Gasteiger partial charge in [0.2, 0.25) is 0 Å². The van der Waals surface area contributed by atoms with Crippen molar-refractivity contribution >= 4 is 35.7 Å². The van der Waals surface area contributed by atoms with Crippen LogP contribution in [0.25, 0.3) is 0 Å². The Kier molecular flexibility index (Phi) is 6.86. The summed E-state index contributed by atoms with van der Waals surface area (Å²) in [5.41, 5.74) is -0.766. The second-order valence-electron chi connectivity index (χ2n) is 3.43. The molecule has 0 bridgehead atoms. The van der Waals surface area contributed by atoms with Gasteiger partial charge < -0.3 is 10.1 Å². The van der Waals surface area contributed by atoms with Crippen molar-refractivity contribution in [2.75, 3.05) is 7.11 Å². The smallest absolute Gasteiger partial charge is 0.311 e. The zero-order chi connectivity index (χ0) is 13.9. The highest BCUT2D eigenvalue weighted by molar-refractivity contribution is 6.32. The van der Waals surface area contributed by atoms with Crippen LogP contribution < -0.4 is 0 Å². The minimum absolute atomic E-state index is 0. The molecule has 1 unspecified atom stereocenters. The van der Waals surface area contributed by atoms with Gasteiger partial charge >= 0.3 is 5.97 Å². The molecular formula is C11H10Cl2F3NO2. The van der Waals surface area contributed by atoms with Gasteiger partial charge in [0, 0.05) is 17.3 Å². The highest BCUT2D eigenvalue weighted by Gasteiger charge is 2.22. The van der Waals surface area contributed by atoms with Gasteiger partial charge in [-0.2, -0.15) is 0 Å². The third kappa shape index (κ3) is 4.40. The van der Waals surface area contributed by atoms with Crippen LogP contribution in [-0.2, 0) is 9.53 Å². The fourth-order valence-electron chi connectivity index (χ4n) is 1.24. The topological polar surface area (TPSA) is 50.2 Å². The molecule has 0 amide bonds. The number of alkyl halides is 1. The predicted molar refractivity (Wildman–Crippen MR) is 66.5 cm³/mol. The molecule has 19 heavy (non-hydrogen) atoms. The van der Waals surface area contributed by atoms with Crippen molar-refractivity contribution in [1.82, 2.24) is 0 Å². The Hall–Kier alpha value is -1.27. The third-order valence-corrected chi connectivity index (χ3v) is 2.68. The van der Waals surface area contributed by atoms with Crippen molar-refractivity contribution < 1.29 is 22.7 Å². The Balaban J connectivity index is 0.00000324. The van der Waals surface area contributed by atoms with E-state index in [1.54, 1.807) is 0 Å². The molecular weight excluding hydrogens is 306 g/mol. The minimum Gasteiger partial charge on any atom is -0.469 e.